The zero-order valence-corrected chi connectivity index (χ0v) is 9.75. The van der Waals surface area contributed by atoms with E-state index in [0.29, 0.717) is 6.42 Å². The summed E-state index contributed by atoms with van der Waals surface area (Å²) in [4.78, 5) is 0. The van der Waals surface area contributed by atoms with Gasteiger partial charge in [-0.3, -0.25) is 0 Å². The van der Waals surface area contributed by atoms with E-state index in [1.807, 2.05) is 31.2 Å². The van der Waals surface area contributed by atoms with Crippen molar-refractivity contribution in [3.63, 3.8) is 0 Å². The summed E-state index contributed by atoms with van der Waals surface area (Å²) in [7, 11) is 0. The van der Waals surface area contributed by atoms with Crippen LogP contribution in [0.1, 0.15) is 24.5 Å². The normalized spacial score (nSPS) is 12.9. The summed E-state index contributed by atoms with van der Waals surface area (Å²) >= 11 is 0. The van der Waals surface area contributed by atoms with Crippen LogP contribution in [0.3, 0.4) is 0 Å². The van der Waals surface area contributed by atoms with E-state index in [0.717, 1.165) is 11.1 Å². The van der Waals surface area contributed by atoms with Gasteiger partial charge in [-0.1, -0.05) is 42.3 Å². The van der Waals surface area contributed by atoms with Crippen LogP contribution in [0.25, 0.3) is 0 Å². The van der Waals surface area contributed by atoms with Crippen molar-refractivity contribution in [2.24, 2.45) is 0 Å². The van der Waals surface area contributed by atoms with Gasteiger partial charge in [-0.2, -0.15) is 0 Å². The second-order valence-electron chi connectivity index (χ2n) is 3.74. The monoisotopic (exact) mass is 212 g/mol. The van der Waals surface area contributed by atoms with E-state index in [9.17, 15) is 5.11 Å². The minimum absolute atomic E-state index is 0.356. The third kappa shape index (κ3) is 2.87. The molecule has 0 saturated heterocycles. The van der Waals surface area contributed by atoms with Crippen LogP contribution in [-0.4, -0.2) is 5.11 Å². The van der Waals surface area contributed by atoms with Crippen LogP contribution in [0.2, 0.25) is 0 Å². The highest BCUT2D eigenvalue weighted by Crippen LogP contribution is 2.26. The molecule has 0 saturated carbocycles. The van der Waals surface area contributed by atoms with Gasteiger partial charge >= 0.3 is 0 Å². The van der Waals surface area contributed by atoms with Crippen molar-refractivity contribution in [1.29, 1.82) is 0 Å². The Labute approximate surface area is 97.1 Å². The van der Waals surface area contributed by atoms with Crippen molar-refractivity contribution in [3.05, 3.63) is 53.8 Å². The molecular weight excluding hydrogens is 196 g/mol. The lowest BCUT2D eigenvalue weighted by atomic mass is 9.90. The summed E-state index contributed by atoms with van der Waals surface area (Å²) in [5.41, 5.74) is 3.53. The standard InChI is InChI=1S/C15H16O/c1-4-6-12-15(16,11-5-2)14-9-7-13(3)8-10-14/h7-11,16H,2,12H2,1,3H3. The van der Waals surface area contributed by atoms with E-state index in [2.05, 4.69) is 24.2 Å². The maximum Gasteiger partial charge on any atom is 0.126 e. The summed E-state index contributed by atoms with van der Waals surface area (Å²) < 4.78 is 0. The molecule has 0 aliphatic heterocycles. The highest BCUT2D eigenvalue weighted by atomic mass is 16.3. The van der Waals surface area contributed by atoms with Crippen LogP contribution < -0.4 is 0 Å². The van der Waals surface area contributed by atoms with Crippen molar-refractivity contribution in [2.75, 3.05) is 0 Å². The molecule has 0 aliphatic rings. The molecule has 82 valence electrons. The fraction of sp³-hybridized carbons (Fsp3) is 0.267. The Morgan fingerprint density at radius 2 is 2.00 bits per heavy atom. The second-order valence-corrected chi connectivity index (χ2v) is 3.74. The molecule has 0 bridgehead atoms. The highest BCUT2D eigenvalue weighted by Gasteiger charge is 2.24. The summed E-state index contributed by atoms with van der Waals surface area (Å²) in [6.45, 7) is 7.28. The largest absolute Gasteiger partial charge is 0.379 e. The second kappa shape index (κ2) is 5.37. The van der Waals surface area contributed by atoms with E-state index in [-0.39, 0.29) is 0 Å². The topological polar surface area (TPSA) is 20.2 Å². The lowest BCUT2D eigenvalue weighted by Gasteiger charge is -2.22. The third-order valence-corrected chi connectivity index (χ3v) is 2.43. The molecule has 0 aromatic heterocycles. The van der Waals surface area contributed by atoms with Gasteiger partial charge < -0.3 is 5.11 Å². The van der Waals surface area contributed by atoms with E-state index < -0.39 is 5.60 Å². The molecule has 0 spiro atoms. The van der Waals surface area contributed by atoms with Crippen LogP contribution in [0, 0.1) is 18.8 Å². The van der Waals surface area contributed by atoms with E-state index in [4.69, 9.17) is 0 Å². The first kappa shape index (κ1) is 12.3. The molecule has 1 heteroatoms. The number of rotatable bonds is 3. The van der Waals surface area contributed by atoms with Gasteiger partial charge in [-0.25, -0.2) is 0 Å². The molecule has 1 unspecified atom stereocenters. The molecule has 1 aromatic rings. The lowest BCUT2D eigenvalue weighted by Crippen LogP contribution is -2.21. The first-order chi connectivity index (χ1) is 7.62. The highest BCUT2D eigenvalue weighted by molar-refractivity contribution is 5.31. The van der Waals surface area contributed by atoms with Gasteiger partial charge in [0.1, 0.15) is 5.60 Å². The zero-order chi connectivity index (χ0) is 12.0. The Bertz CT molecular complexity index is 452. The summed E-state index contributed by atoms with van der Waals surface area (Å²) in [5.74, 6) is 5.67. The molecule has 0 aliphatic carbocycles. The fourth-order valence-corrected chi connectivity index (χ4v) is 1.47. The summed E-state index contributed by atoms with van der Waals surface area (Å²) in [6.07, 6.45) is 1.91. The van der Waals surface area contributed by atoms with Crippen LogP contribution in [0.15, 0.2) is 42.7 Å². The summed E-state index contributed by atoms with van der Waals surface area (Å²) in [6, 6.07) is 7.74. The molecule has 1 atom stereocenters. The van der Waals surface area contributed by atoms with Crippen LogP contribution in [0.5, 0.6) is 0 Å². The number of aryl methyl sites for hydroxylation is 1. The fourth-order valence-electron chi connectivity index (χ4n) is 1.47. The lowest BCUT2D eigenvalue weighted by molar-refractivity contribution is 0.0955. The van der Waals surface area contributed by atoms with Crippen LogP contribution in [0.4, 0.5) is 0 Å². The molecule has 1 rings (SSSR count). The molecule has 0 fully saturated rings. The van der Waals surface area contributed by atoms with E-state index in [1.165, 1.54) is 0 Å². The summed E-state index contributed by atoms with van der Waals surface area (Å²) in [5, 5.41) is 10.4. The van der Waals surface area contributed by atoms with Crippen LogP contribution >= 0.6 is 0 Å². The Kier molecular flexibility index (Phi) is 4.14. The van der Waals surface area contributed by atoms with Crippen molar-refractivity contribution >= 4 is 0 Å². The maximum absolute atomic E-state index is 10.4. The Morgan fingerprint density at radius 1 is 1.38 bits per heavy atom. The van der Waals surface area contributed by atoms with Gasteiger partial charge in [0.25, 0.3) is 0 Å². The van der Waals surface area contributed by atoms with Crippen LogP contribution in [-0.2, 0) is 5.60 Å². The van der Waals surface area contributed by atoms with Crippen molar-refractivity contribution in [1.82, 2.24) is 0 Å². The minimum Gasteiger partial charge on any atom is -0.379 e. The quantitative estimate of drug-likeness (QED) is 0.603. The van der Waals surface area contributed by atoms with E-state index in [1.54, 1.807) is 13.0 Å². The SMILES string of the molecule is C=C=CC(O)(CC#CC)c1ccc(C)cc1. The first-order valence-electron chi connectivity index (χ1n) is 5.18. The molecular formula is C15H16O. The van der Waals surface area contributed by atoms with Crippen molar-refractivity contribution in [2.45, 2.75) is 25.9 Å². The van der Waals surface area contributed by atoms with Gasteiger partial charge in [-0.05, 0) is 25.5 Å². The predicted octanol–water partition coefficient (Wildman–Crippen LogP) is 2.94. The molecule has 16 heavy (non-hydrogen) atoms. The smallest absolute Gasteiger partial charge is 0.126 e. The molecule has 0 amide bonds. The molecule has 1 aromatic carbocycles. The van der Waals surface area contributed by atoms with Gasteiger partial charge in [0.15, 0.2) is 0 Å². The maximum atomic E-state index is 10.4. The number of benzene rings is 1. The minimum atomic E-state index is -1.08. The van der Waals surface area contributed by atoms with Gasteiger partial charge in [0.05, 0.1) is 0 Å². The average molecular weight is 212 g/mol. The van der Waals surface area contributed by atoms with E-state index >= 15 is 0 Å². The predicted molar refractivity (Wildman–Crippen MR) is 66.9 cm³/mol. The van der Waals surface area contributed by atoms with Gasteiger partial charge in [0, 0.05) is 6.42 Å². The number of hydrogen-bond donors (Lipinski definition) is 1. The Hall–Kier alpha value is -1.74. The molecule has 1 nitrogen and oxygen atoms in total. The number of hydrogen-bond acceptors (Lipinski definition) is 1. The van der Waals surface area contributed by atoms with Crippen molar-refractivity contribution < 1.29 is 5.11 Å². The zero-order valence-electron chi connectivity index (χ0n) is 9.75. The first-order valence-corrected chi connectivity index (χ1v) is 5.18. The number of aliphatic hydroxyl groups is 1. The molecule has 1 N–H and O–H groups in total. The Balaban J connectivity index is 3.13. The van der Waals surface area contributed by atoms with Gasteiger partial charge in [-0.15, -0.1) is 11.7 Å². The Morgan fingerprint density at radius 3 is 2.50 bits per heavy atom. The molecule has 0 radical (unpaired) electrons. The average Bonchev–Trinajstić information content (AvgIpc) is 2.27. The van der Waals surface area contributed by atoms with Gasteiger partial charge in [0.2, 0.25) is 0 Å². The third-order valence-electron chi connectivity index (χ3n) is 2.43. The van der Waals surface area contributed by atoms with Crippen molar-refractivity contribution in [3.8, 4) is 11.8 Å². The molecule has 0 heterocycles.